The lowest BCUT2D eigenvalue weighted by Gasteiger charge is -2.09. The Morgan fingerprint density at radius 1 is 1.17 bits per heavy atom. The van der Waals surface area contributed by atoms with Crippen molar-refractivity contribution >= 4 is 23.4 Å². The number of anilines is 1. The van der Waals surface area contributed by atoms with E-state index in [9.17, 15) is 0 Å². The lowest BCUT2D eigenvalue weighted by atomic mass is 9.97. The molecular weight excluding hydrogens is 292 g/mol. The number of aromatic nitrogens is 1. The first-order chi connectivity index (χ1) is 11.7. The molecule has 0 amide bonds. The maximum absolute atomic E-state index is 6.00. The van der Waals surface area contributed by atoms with Gasteiger partial charge >= 0.3 is 0 Å². The molecule has 0 atom stereocenters. The van der Waals surface area contributed by atoms with Gasteiger partial charge in [0, 0.05) is 28.7 Å². The third-order valence-corrected chi connectivity index (χ3v) is 3.32. The van der Waals surface area contributed by atoms with Gasteiger partial charge in [-0.1, -0.05) is 71.2 Å². The van der Waals surface area contributed by atoms with E-state index in [1.807, 2.05) is 77.2 Å². The third kappa shape index (κ3) is 5.62. The number of hydrogen-bond acceptors (Lipinski definition) is 1. The van der Waals surface area contributed by atoms with Crippen LogP contribution in [0.3, 0.4) is 0 Å². The van der Waals surface area contributed by atoms with E-state index in [0.29, 0.717) is 0 Å². The van der Waals surface area contributed by atoms with Crippen LogP contribution in [0.5, 0.6) is 0 Å². The lowest BCUT2D eigenvalue weighted by molar-refractivity contribution is 1.28. The number of nitrogens with one attached hydrogen (secondary N) is 1. The zero-order chi connectivity index (χ0) is 18.5. The molecule has 0 spiro atoms. The van der Waals surface area contributed by atoms with Gasteiger partial charge in [0.1, 0.15) is 0 Å². The fraction of sp³-hybridized carbons (Fsp3) is 0.273. The summed E-state index contributed by atoms with van der Waals surface area (Å²) in [6.07, 6.45) is 8.72. The lowest BCUT2D eigenvalue weighted by Crippen LogP contribution is -1.95. The maximum Gasteiger partial charge on any atom is 0.0450 e. The SMILES string of the molecule is C=Cc1[nH]cc(CC(=C)c2ccccc2N)c1/C=C\C.CC.CC. The minimum Gasteiger partial charge on any atom is -0.398 e. The monoisotopic (exact) mass is 324 g/mol. The van der Waals surface area contributed by atoms with Gasteiger partial charge in [0.25, 0.3) is 0 Å². The molecule has 0 aliphatic rings. The predicted molar refractivity (Wildman–Crippen MR) is 112 cm³/mol. The second kappa shape index (κ2) is 12.0. The minimum absolute atomic E-state index is 0.762. The molecule has 0 saturated heterocycles. The average molecular weight is 325 g/mol. The van der Waals surface area contributed by atoms with Crippen LogP contribution in [-0.2, 0) is 6.42 Å². The molecule has 0 unspecified atom stereocenters. The van der Waals surface area contributed by atoms with Gasteiger partial charge in [-0.2, -0.15) is 0 Å². The number of benzene rings is 1. The van der Waals surface area contributed by atoms with E-state index in [-0.39, 0.29) is 0 Å². The zero-order valence-corrected chi connectivity index (χ0v) is 15.8. The Bertz CT molecular complexity index is 660. The highest BCUT2D eigenvalue weighted by molar-refractivity contribution is 5.76. The van der Waals surface area contributed by atoms with E-state index in [0.717, 1.165) is 34.5 Å². The minimum atomic E-state index is 0.762. The van der Waals surface area contributed by atoms with Crippen LogP contribution in [-0.4, -0.2) is 4.98 Å². The molecule has 0 fully saturated rings. The Labute approximate surface area is 147 Å². The molecule has 2 aromatic rings. The molecule has 0 bridgehead atoms. The van der Waals surface area contributed by atoms with Crippen molar-refractivity contribution in [2.45, 2.75) is 41.0 Å². The van der Waals surface area contributed by atoms with Crippen molar-refractivity contribution in [3.8, 4) is 0 Å². The summed E-state index contributed by atoms with van der Waals surface area (Å²) in [6.45, 7) is 18.0. The molecule has 1 aromatic heterocycles. The molecule has 2 heteroatoms. The number of nitrogen functional groups attached to an aromatic ring is 1. The number of aromatic amines is 1. The number of nitrogens with two attached hydrogens (primary N) is 1. The quantitative estimate of drug-likeness (QED) is 0.599. The first-order valence-electron chi connectivity index (χ1n) is 8.65. The second-order valence-electron chi connectivity index (χ2n) is 4.71. The maximum atomic E-state index is 6.00. The number of H-pyrrole nitrogens is 1. The van der Waals surface area contributed by atoms with Gasteiger partial charge in [-0.3, -0.25) is 0 Å². The molecule has 0 aliphatic carbocycles. The van der Waals surface area contributed by atoms with Crippen molar-refractivity contribution in [3.05, 3.63) is 72.1 Å². The summed E-state index contributed by atoms with van der Waals surface area (Å²) in [5, 5.41) is 0. The van der Waals surface area contributed by atoms with Gasteiger partial charge in [-0.15, -0.1) is 0 Å². The van der Waals surface area contributed by atoms with E-state index in [2.05, 4.69) is 24.2 Å². The smallest absolute Gasteiger partial charge is 0.0450 e. The van der Waals surface area contributed by atoms with Crippen LogP contribution >= 0.6 is 0 Å². The molecule has 130 valence electrons. The Morgan fingerprint density at radius 3 is 2.33 bits per heavy atom. The van der Waals surface area contributed by atoms with E-state index < -0.39 is 0 Å². The van der Waals surface area contributed by atoms with Crippen molar-refractivity contribution in [2.75, 3.05) is 5.73 Å². The Kier molecular flexibility index (Phi) is 10.8. The number of para-hydroxylation sites is 1. The molecular formula is C22H32N2. The average Bonchev–Trinajstić information content (AvgIpc) is 3.01. The molecule has 0 aliphatic heterocycles. The van der Waals surface area contributed by atoms with E-state index in [1.54, 1.807) is 0 Å². The number of rotatable bonds is 5. The van der Waals surface area contributed by atoms with Crippen LogP contribution in [0, 0.1) is 0 Å². The van der Waals surface area contributed by atoms with Crippen LogP contribution in [0.25, 0.3) is 17.7 Å². The summed E-state index contributed by atoms with van der Waals surface area (Å²) >= 11 is 0. The summed E-state index contributed by atoms with van der Waals surface area (Å²) in [4.78, 5) is 3.24. The van der Waals surface area contributed by atoms with E-state index in [4.69, 9.17) is 5.73 Å². The molecule has 1 aromatic carbocycles. The third-order valence-electron chi connectivity index (χ3n) is 3.32. The number of hydrogen-bond donors (Lipinski definition) is 2. The molecule has 2 nitrogen and oxygen atoms in total. The van der Waals surface area contributed by atoms with Crippen molar-refractivity contribution < 1.29 is 0 Å². The van der Waals surface area contributed by atoms with E-state index in [1.165, 1.54) is 5.56 Å². The van der Waals surface area contributed by atoms with Gasteiger partial charge in [0.2, 0.25) is 0 Å². The van der Waals surface area contributed by atoms with Gasteiger partial charge in [-0.05, 0) is 36.6 Å². The van der Waals surface area contributed by atoms with Crippen molar-refractivity contribution in [2.24, 2.45) is 0 Å². The second-order valence-corrected chi connectivity index (χ2v) is 4.71. The van der Waals surface area contributed by atoms with Crippen molar-refractivity contribution in [1.82, 2.24) is 4.98 Å². The van der Waals surface area contributed by atoms with Gasteiger partial charge in [0.05, 0.1) is 0 Å². The van der Waals surface area contributed by atoms with Gasteiger partial charge in [0.15, 0.2) is 0 Å². The van der Waals surface area contributed by atoms with Crippen molar-refractivity contribution in [1.29, 1.82) is 0 Å². The molecule has 3 N–H and O–H groups in total. The number of allylic oxidation sites excluding steroid dienone is 2. The topological polar surface area (TPSA) is 41.8 Å². The van der Waals surface area contributed by atoms with Crippen LogP contribution < -0.4 is 5.73 Å². The Balaban J connectivity index is 0.00000123. The van der Waals surface area contributed by atoms with Gasteiger partial charge < -0.3 is 10.7 Å². The van der Waals surface area contributed by atoms with E-state index >= 15 is 0 Å². The summed E-state index contributed by atoms with van der Waals surface area (Å²) in [5.74, 6) is 0. The summed E-state index contributed by atoms with van der Waals surface area (Å²) < 4.78 is 0. The highest BCUT2D eigenvalue weighted by Crippen LogP contribution is 2.26. The standard InChI is InChI=1S/C18H20N2.2C2H6/c1-4-8-16-14(12-20-18(16)5-2)11-13(3)15-9-6-7-10-17(15)19;2*1-2/h4-10,12,20H,2-3,11,19H2,1H3;2*1-2H3/b8-4-;;. The zero-order valence-electron chi connectivity index (χ0n) is 15.8. The highest BCUT2D eigenvalue weighted by atomic mass is 14.7. The fourth-order valence-electron chi connectivity index (χ4n) is 2.32. The molecule has 0 radical (unpaired) electrons. The fourth-order valence-corrected chi connectivity index (χ4v) is 2.32. The normalized spacial score (nSPS) is 9.54. The molecule has 0 saturated carbocycles. The summed E-state index contributed by atoms with van der Waals surface area (Å²) in [5.41, 5.74) is 12.2. The predicted octanol–water partition coefficient (Wildman–Crippen LogP) is 6.58. The van der Waals surface area contributed by atoms with Crippen LogP contribution in [0.2, 0.25) is 0 Å². The highest BCUT2D eigenvalue weighted by Gasteiger charge is 2.10. The molecule has 24 heavy (non-hydrogen) atoms. The van der Waals surface area contributed by atoms with Crippen molar-refractivity contribution in [3.63, 3.8) is 0 Å². The van der Waals surface area contributed by atoms with Crippen LogP contribution in [0.1, 0.15) is 57.0 Å². The Morgan fingerprint density at radius 2 is 1.79 bits per heavy atom. The van der Waals surface area contributed by atoms with Crippen LogP contribution in [0.15, 0.2) is 49.7 Å². The van der Waals surface area contributed by atoms with Gasteiger partial charge in [-0.25, -0.2) is 0 Å². The summed E-state index contributed by atoms with van der Waals surface area (Å²) in [7, 11) is 0. The summed E-state index contributed by atoms with van der Waals surface area (Å²) in [6, 6.07) is 7.83. The van der Waals surface area contributed by atoms with Crippen LogP contribution in [0.4, 0.5) is 5.69 Å². The first kappa shape index (κ1) is 21.5. The Hall–Kier alpha value is -2.48. The largest absolute Gasteiger partial charge is 0.398 e. The molecule has 1 heterocycles. The first-order valence-corrected chi connectivity index (χ1v) is 8.65. The molecule has 2 rings (SSSR count).